The summed E-state index contributed by atoms with van der Waals surface area (Å²) in [6.45, 7) is 7.84. The van der Waals surface area contributed by atoms with E-state index in [2.05, 4.69) is 26.5 Å². The maximum absolute atomic E-state index is 5.76. The molecular weight excluding hydrogens is 122 g/mol. The molecule has 58 valence electrons. The van der Waals surface area contributed by atoms with Crippen molar-refractivity contribution in [2.45, 2.75) is 26.3 Å². The first-order valence-corrected chi connectivity index (χ1v) is 3.77. The lowest BCUT2D eigenvalue weighted by atomic mass is 10.0. The van der Waals surface area contributed by atoms with E-state index in [4.69, 9.17) is 5.73 Å². The molecule has 0 aliphatic heterocycles. The van der Waals surface area contributed by atoms with Crippen LogP contribution in [0.25, 0.3) is 0 Å². The second kappa shape index (κ2) is 5.24. The second-order valence-corrected chi connectivity index (χ2v) is 2.51. The summed E-state index contributed by atoms with van der Waals surface area (Å²) in [7, 11) is 0. The van der Waals surface area contributed by atoms with Gasteiger partial charge in [-0.05, 0) is 12.3 Å². The van der Waals surface area contributed by atoms with Gasteiger partial charge in [0, 0.05) is 6.04 Å². The van der Waals surface area contributed by atoms with Gasteiger partial charge in [-0.25, -0.2) is 0 Å². The van der Waals surface area contributed by atoms with Crippen molar-refractivity contribution < 1.29 is 0 Å². The first-order valence-electron chi connectivity index (χ1n) is 3.77. The molecule has 0 saturated carbocycles. The molecule has 0 aliphatic carbocycles. The Hall–Kier alpha value is -0.560. The normalized spacial score (nSPS) is 17.1. The van der Waals surface area contributed by atoms with Crippen molar-refractivity contribution in [3.63, 3.8) is 0 Å². The van der Waals surface area contributed by atoms with Crippen LogP contribution in [0.1, 0.15) is 20.3 Å². The molecule has 0 saturated heterocycles. The van der Waals surface area contributed by atoms with Gasteiger partial charge < -0.3 is 5.73 Å². The van der Waals surface area contributed by atoms with Crippen molar-refractivity contribution in [3.8, 4) is 0 Å². The minimum Gasteiger partial charge on any atom is -0.324 e. The van der Waals surface area contributed by atoms with Gasteiger partial charge >= 0.3 is 0 Å². The fourth-order valence-corrected chi connectivity index (χ4v) is 0.626. The third-order valence-electron chi connectivity index (χ3n) is 1.57. The second-order valence-electron chi connectivity index (χ2n) is 2.51. The highest BCUT2D eigenvalue weighted by molar-refractivity contribution is 4.98. The Labute approximate surface area is 63.6 Å². The van der Waals surface area contributed by atoms with Gasteiger partial charge in [0.2, 0.25) is 0 Å². The van der Waals surface area contributed by atoms with E-state index in [1.807, 2.05) is 12.2 Å². The quantitative estimate of drug-likeness (QED) is 0.593. The highest BCUT2D eigenvalue weighted by Crippen LogP contribution is 2.02. The summed E-state index contributed by atoms with van der Waals surface area (Å²) in [5.41, 5.74) is 5.76. The van der Waals surface area contributed by atoms with Crippen LogP contribution in [0.3, 0.4) is 0 Å². The molecule has 0 radical (unpaired) electrons. The van der Waals surface area contributed by atoms with Crippen molar-refractivity contribution >= 4 is 0 Å². The highest BCUT2D eigenvalue weighted by Gasteiger charge is 2.02. The molecule has 0 aromatic heterocycles. The summed E-state index contributed by atoms with van der Waals surface area (Å²) in [5, 5.41) is 0. The van der Waals surface area contributed by atoms with Crippen LogP contribution in [0, 0.1) is 5.92 Å². The maximum Gasteiger partial charge on any atom is 0.0284 e. The Kier molecular flexibility index (Phi) is 4.95. The molecule has 2 atom stereocenters. The number of allylic oxidation sites excluding steroid dienone is 1. The molecule has 0 aromatic rings. The van der Waals surface area contributed by atoms with Crippen LogP contribution < -0.4 is 5.73 Å². The molecule has 0 heterocycles. The molecule has 0 spiro atoms. The molecule has 0 aromatic carbocycles. The van der Waals surface area contributed by atoms with Crippen LogP contribution in [0.15, 0.2) is 24.8 Å². The largest absolute Gasteiger partial charge is 0.324 e. The van der Waals surface area contributed by atoms with E-state index in [-0.39, 0.29) is 6.04 Å². The van der Waals surface area contributed by atoms with Gasteiger partial charge in [-0.3, -0.25) is 0 Å². The van der Waals surface area contributed by atoms with Gasteiger partial charge in [0.25, 0.3) is 0 Å². The summed E-state index contributed by atoms with van der Waals surface area (Å²) in [6.07, 6.45) is 7.05. The van der Waals surface area contributed by atoms with Crippen molar-refractivity contribution in [3.05, 3.63) is 24.8 Å². The van der Waals surface area contributed by atoms with Crippen LogP contribution in [-0.2, 0) is 0 Å². The predicted octanol–water partition coefficient (Wildman–Crippen LogP) is 2.10. The number of hydrogen-bond donors (Lipinski definition) is 1. The van der Waals surface area contributed by atoms with Gasteiger partial charge in [0.1, 0.15) is 0 Å². The molecule has 2 unspecified atom stereocenters. The first-order chi connectivity index (χ1) is 4.72. The van der Waals surface area contributed by atoms with E-state index in [0.717, 1.165) is 6.42 Å². The SMILES string of the molecule is C=CC(C)C(N)C=CCC. The summed E-state index contributed by atoms with van der Waals surface area (Å²) < 4.78 is 0. The minimum absolute atomic E-state index is 0.137. The fraction of sp³-hybridized carbons (Fsp3) is 0.556. The van der Waals surface area contributed by atoms with Gasteiger partial charge in [-0.2, -0.15) is 0 Å². The monoisotopic (exact) mass is 139 g/mol. The Morgan fingerprint density at radius 3 is 2.60 bits per heavy atom. The maximum atomic E-state index is 5.76. The van der Waals surface area contributed by atoms with Crippen LogP contribution in [0.5, 0.6) is 0 Å². The third-order valence-corrected chi connectivity index (χ3v) is 1.57. The fourth-order valence-electron chi connectivity index (χ4n) is 0.626. The molecule has 2 N–H and O–H groups in total. The number of nitrogens with two attached hydrogens (primary N) is 1. The molecular formula is C9H17N. The van der Waals surface area contributed by atoms with Crippen molar-refractivity contribution in [2.75, 3.05) is 0 Å². The summed E-state index contributed by atoms with van der Waals surface area (Å²) >= 11 is 0. The Morgan fingerprint density at radius 1 is 1.60 bits per heavy atom. The van der Waals surface area contributed by atoms with Gasteiger partial charge in [-0.1, -0.05) is 32.1 Å². The molecule has 0 rings (SSSR count). The zero-order chi connectivity index (χ0) is 7.98. The highest BCUT2D eigenvalue weighted by atomic mass is 14.6. The predicted molar refractivity (Wildman–Crippen MR) is 46.8 cm³/mol. The van der Waals surface area contributed by atoms with E-state index in [0.29, 0.717) is 5.92 Å². The minimum atomic E-state index is 0.137. The molecule has 0 aliphatic rings. The molecule has 10 heavy (non-hydrogen) atoms. The third kappa shape index (κ3) is 3.46. The van der Waals surface area contributed by atoms with Crippen LogP contribution in [0.4, 0.5) is 0 Å². The van der Waals surface area contributed by atoms with Crippen molar-refractivity contribution in [1.82, 2.24) is 0 Å². The zero-order valence-corrected chi connectivity index (χ0v) is 6.88. The average Bonchev–Trinajstić information content (AvgIpc) is 1.98. The lowest BCUT2D eigenvalue weighted by molar-refractivity contribution is 0.631. The molecule has 0 amide bonds. The Balaban J connectivity index is 3.70. The van der Waals surface area contributed by atoms with Gasteiger partial charge in [0.05, 0.1) is 0 Å². The molecule has 1 heteroatoms. The van der Waals surface area contributed by atoms with Gasteiger partial charge in [-0.15, -0.1) is 6.58 Å². The van der Waals surface area contributed by atoms with E-state index in [9.17, 15) is 0 Å². The topological polar surface area (TPSA) is 26.0 Å². The number of hydrogen-bond acceptors (Lipinski definition) is 1. The van der Waals surface area contributed by atoms with Crippen molar-refractivity contribution in [2.24, 2.45) is 11.7 Å². The molecule has 0 fully saturated rings. The molecule has 1 nitrogen and oxygen atoms in total. The van der Waals surface area contributed by atoms with Crippen molar-refractivity contribution in [1.29, 1.82) is 0 Å². The first kappa shape index (κ1) is 9.44. The van der Waals surface area contributed by atoms with E-state index < -0.39 is 0 Å². The van der Waals surface area contributed by atoms with Crippen LogP contribution in [0.2, 0.25) is 0 Å². The summed E-state index contributed by atoms with van der Waals surface area (Å²) in [5.74, 6) is 0.378. The average molecular weight is 139 g/mol. The van der Waals surface area contributed by atoms with Gasteiger partial charge in [0.15, 0.2) is 0 Å². The summed E-state index contributed by atoms with van der Waals surface area (Å²) in [4.78, 5) is 0. The standard InChI is InChI=1S/C9H17N/c1-4-6-7-9(10)8(3)5-2/h5-9H,2,4,10H2,1,3H3. The number of rotatable bonds is 4. The molecule has 0 bridgehead atoms. The van der Waals surface area contributed by atoms with Crippen LogP contribution in [-0.4, -0.2) is 6.04 Å². The van der Waals surface area contributed by atoms with E-state index in [1.54, 1.807) is 0 Å². The zero-order valence-electron chi connectivity index (χ0n) is 6.88. The van der Waals surface area contributed by atoms with Crippen LogP contribution >= 0.6 is 0 Å². The lowest BCUT2D eigenvalue weighted by Gasteiger charge is -2.10. The smallest absolute Gasteiger partial charge is 0.0284 e. The Bertz CT molecular complexity index is 116. The van der Waals surface area contributed by atoms with E-state index >= 15 is 0 Å². The van der Waals surface area contributed by atoms with E-state index in [1.165, 1.54) is 0 Å². The lowest BCUT2D eigenvalue weighted by Crippen LogP contribution is -2.23. The Morgan fingerprint density at radius 2 is 2.20 bits per heavy atom. The summed E-state index contributed by atoms with van der Waals surface area (Å²) in [6, 6.07) is 0.137.